The Kier molecular flexibility index (Phi) is 3.74. The van der Waals surface area contributed by atoms with E-state index in [9.17, 15) is 4.79 Å². The minimum absolute atomic E-state index is 0.209. The SMILES string of the molecule is CSc1ncc(C(=O)NC(C)(C)C)c(N)n1. The molecule has 0 fully saturated rings. The molecule has 0 aromatic carbocycles. The third-order valence-corrected chi connectivity index (χ3v) is 2.27. The Labute approximate surface area is 99.2 Å². The van der Waals surface area contributed by atoms with E-state index in [-0.39, 0.29) is 17.3 Å². The van der Waals surface area contributed by atoms with Gasteiger partial charge in [-0.2, -0.15) is 0 Å². The number of amides is 1. The number of carbonyl (C=O) groups excluding carboxylic acids is 1. The fourth-order valence-corrected chi connectivity index (χ4v) is 1.41. The number of hydrogen-bond acceptors (Lipinski definition) is 5. The largest absolute Gasteiger partial charge is 0.383 e. The summed E-state index contributed by atoms with van der Waals surface area (Å²) >= 11 is 1.38. The molecule has 0 saturated carbocycles. The second-order valence-electron chi connectivity index (χ2n) is 4.36. The fraction of sp³-hybridized carbons (Fsp3) is 0.500. The zero-order valence-electron chi connectivity index (χ0n) is 9.87. The van der Waals surface area contributed by atoms with Crippen LogP contribution in [0.4, 0.5) is 5.82 Å². The van der Waals surface area contributed by atoms with Gasteiger partial charge in [0.25, 0.3) is 5.91 Å². The summed E-state index contributed by atoms with van der Waals surface area (Å²) in [6.07, 6.45) is 3.30. The summed E-state index contributed by atoms with van der Waals surface area (Å²) < 4.78 is 0. The van der Waals surface area contributed by atoms with Crippen molar-refractivity contribution >= 4 is 23.5 Å². The first-order valence-electron chi connectivity index (χ1n) is 4.82. The lowest BCUT2D eigenvalue weighted by Crippen LogP contribution is -2.41. The molecule has 1 aromatic rings. The van der Waals surface area contributed by atoms with Crippen LogP contribution < -0.4 is 11.1 Å². The molecule has 6 heteroatoms. The van der Waals surface area contributed by atoms with Gasteiger partial charge in [-0.25, -0.2) is 9.97 Å². The molecular weight excluding hydrogens is 224 g/mol. The lowest BCUT2D eigenvalue weighted by molar-refractivity contribution is 0.0919. The van der Waals surface area contributed by atoms with Crippen LogP contribution in [0.3, 0.4) is 0 Å². The van der Waals surface area contributed by atoms with E-state index < -0.39 is 0 Å². The Morgan fingerprint density at radius 1 is 1.50 bits per heavy atom. The first-order chi connectivity index (χ1) is 7.33. The zero-order valence-corrected chi connectivity index (χ0v) is 10.7. The normalized spacial score (nSPS) is 11.2. The topological polar surface area (TPSA) is 80.9 Å². The van der Waals surface area contributed by atoms with Crippen molar-refractivity contribution in [3.05, 3.63) is 11.8 Å². The highest BCUT2D eigenvalue weighted by Gasteiger charge is 2.18. The van der Waals surface area contributed by atoms with Crippen LogP contribution in [-0.4, -0.2) is 27.7 Å². The Bertz CT molecular complexity index is 400. The lowest BCUT2D eigenvalue weighted by Gasteiger charge is -2.20. The van der Waals surface area contributed by atoms with Crippen LogP contribution in [-0.2, 0) is 0 Å². The van der Waals surface area contributed by atoms with Gasteiger partial charge in [0.1, 0.15) is 5.82 Å². The van der Waals surface area contributed by atoms with E-state index in [1.165, 1.54) is 18.0 Å². The number of anilines is 1. The van der Waals surface area contributed by atoms with Crippen LogP contribution in [0, 0.1) is 0 Å². The molecule has 0 bridgehead atoms. The van der Waals surface area contributed by atoms with Gasteiger partial charge in [0.2, 0.25) is 0 Å². The van der Waals surface area contributed by atoms with Crippen molar-refractivity contribution in [2.24, 2.45) is 0 Å². The van der Waals surface area contributed by atoms with Crippen molar-refractivity contribution in [2.75, 3.05) is 12.0 Å². The predicted molar refractivity (Wildman–Crippen MR) is 65.4 cm³/mol. The smallest absolute Gasteiger partial charge is 0.257 e. The minimum Gasteiger partial charge on any atom is -0.383 e. The van der Waals surface area contributed by atoms with Gasteiger partial charge in [-0.1, -0.05) is 11.8 Å². The van der Waals surface area contributed by atoms with E-state index in [0.717, 1.165) is 0 Å². The molecule has 0 aliphatic rings. The third-order valence-electron chi connectivity index (χ3n) is 1.71. The van der Waals surface area contributed by atoms with E-state index in [0.29, 0.717) is 10.7 Å². The van der Waals surface area contributed by atoms with Crippen molar-refractivity contribution in [3.63, 3.8) is 0 Å². The molecule has 5 nitrogen and oxygen atoms in total. The highest BCUT2D eigenvalue weighted by atomic mass is 32.2. The van der Waals surface area contributed by atoms with Gasteiger partial charge >= 0.3 is 0 Å². The summed E-state index contributed by atoms with van der Waals surface area (Å²) in [6.45, 7) is 5.70. The number of thioether (sulfide) groups is 1. The molecule has 0 atom stereocenters. The number of nitrogen functional groups attached to an aromatic ring is 1. The maximum absolute atomic E-state index is 11.8. The van der Waals surface area contributed by atoms with E-state index in [2.05, 4.69) is 15.3 Å². The first-order valence-corrected chi connectivity index (χ1v) is 6.05. The molecule has 88 valence electrons. The van der Waals surface area contributed by atoms with Crippen LogP contribution >= 0.6 is 11.8 Å². The average molecular weight is 240 g/mol. The lowest BCUT2D eigenvalue weighted by atomic mass is 10.1. The Balaban J connectivity index is 2.93. The minimum atomic E-state index is -0.304. The number of rotatable bonds is 2. The van der Waals surface area contributed by atoms with Crippen LogP contribution in [0.25, 0.3) is 0 Å². The van der Waals surface area contributed by atoms with Crippen LogP contribution in [0.15, 0.2) is 11.4 Å². The Morgan fingerprint density at radius 2 is 2.12 bits per heavy atom. The van der Waals surface area contributed by atoms with Gasteiger partial charge in [-0.15, -0.1) is 0 Å². The monoisotopic (exact) mass is 240 g/mol. The standard InChI is InChI=1S/C10H16N4OS/c1-10(2,3)14-8(15)6-5-12-9(16-4)13-7(6)11/h5H,1-4H3,(H,14,15)(H2,11,12,13). The van der Waals surface area contributed by atoms with E-state index in [1.807, 2.05) is 27.0 Å². The molecule has 0 radical (unpaired) electrons. The van der Waals surface area contributed by atoms with Crippen molar-refractivity contribution in [2.45, 2.75) is 31.5 Å². The summed E-state index contributed by atoms with van der Waals surface area (Å²) in [5, 5.41) is 3.37. The van der Waals surface area contributed by atoms with Crippen LogP contribution in [0.2, 0.25) is 0 Å². The third kappa shape index (κ3) is 3.37. The second kappa shape index (κ2) is 4.69. The van der Waals surface area contributed by atoms with Gasteiger partial charge in [0, 0.05) is 11.7 Å². The number of nitrogens with two attached hydrogens (primary N) is 1. The summed E-state index contributed by atoms with van der Waals surface area (Å²) in [7, 11) is 0. The average Bonchev–Trinajstić information content (AvgIpc) is 2.14. The van der Waals surface area contributed by atoms with Gasteiger partial charge in [0.15, 0.2) is 5.16 Å². The van der Waals surface area contributed by atoms with Gasteiger partial charge in [0.05, 0.1) is 5.56 Å². The fourth-order valence-electron chi connectivity index (χ4n) is 1.06. The number of nitrogens with zero attached hydrogens (tertiary/aromatic N) is 2. The molecule has 0 aliphatic carbocycles. The quantitative estimate of drug-likeness (QED) is 0.601. The van der Waals surface area contributed by atoms with E-state index in [4.69, 9.17) is 5.73 Å². The zero-order chi connectivity index (χ0) is 12.3. The van der Waals surface area contributed by atoms with Gasteiger partial charge in [-0.3, -0.25) is 4.79 Å². The van der Waals surface area contributed by atoms with Crippen molar-refractivity contribution in [1.29, 1.82) is 0 Å². The highest BCUT2D eigenvalue weighted by molar-refractivity contribution is 7.98. The summed E-state index contributed by atoms with van der Waals surface area (Å²) in [5.41, 5.74) is 5.70. The molecule has 0 unspecified atom stereocenters. The maximum atomic E-state index is 11.8. The predicted octanol–water partition coefficient (Wildman–Crippen LogP) is 1.31. The first kappa shape index (κ1) is 12.8. The van der Waals surface area contributed by atoms with E-state index >= 15 is 0 Å². The number of carbonyl (C=O) groups is 1. The second-order valence-corrected chi connectivity index (χ2v) is 5.13. The molecule has 0 aliphatic heterocycles. The van der Waals surface area contributed by atoms with Crippen LogP contribution in [0.1, 0.15) is 31.1 Å². The number of hydrogen-bond donors (Lipinski definition) is 2. The van der Waals surface area contributed by atoms with Crippen molar-refractivity contribution < 1.29 is 4.79 Å². The van der Waals surface area contributed by atoms with Crippen molar-refractivity contribution in [1.82, 2.24) is 15.3 Å². The molecule has 1 rings (SSSR count). The molecular formula is C10H16N4OS. The highest BCUT2D eigenvalue weighted by Crippen LogP contribution is 2.14. The number of nitrogens with one attached hydrogen (secondary N) is 1. The molecule has 1 aromatic heterocycles. The van der Waals surface area contributed by atoms with Crippen molar-refractivity contribution in [3.8, 4) is 0 Å². The molecule has 0 spiro atoms. The molecule has 1 amide bonds. The van der Waals surface area contributed by atoms with E-state index in [1.54, 1.807) is 0 Å². The molecule has 1 heterocycles. The number of aromatic nitrogens is 2. The Hall–Kier alpha value is -1.30. The van der Waals surface area contributed by atoms with Crippen LogP contribution in [0.5, 0.6) is 0 Å². The van der Waals surface area contributed by atoms with Gasteiger partial charge < -0.3 is 11.1 Å². The summed E-state index contributed by atoms with van der Waals surface area (Å²) in [4.78, 5) is 19.8. The summed E-state index contributed by atoms with van der Waals surface area (Å²) in [5.74, 6) is -0.0428. The molecule has 0 saturated heterocycles. The summed E-state index contributed by atoms with van der Waals surface area (Å²) in [6, 6.07) is 0. The van der Waals surface area contributed by atoms with Gasteiger partial charge in [-0.05, 0) is 27.0 Å². The molecule has 16 heavy (non-hydrogen) atoms. The maximum Gasteiger partial charge on any atom is 0.257 e. The Morgan fingerprint density at radius 3 is 2.56 bits per heavy atom. The molecule has 3 N–H and O–H groups in total.